The van der Waals surface area contributed by atoms with E-state index in [1.807, 2.05) is 18.2 Å². The molecule has 2 aromatic rings. The minimum Gasteiger partial charge on any atom is -0.364 e. The van der Waals surface area contributed by atoms with Gasteiger partial charge >= 0.3 is 6.03 Å². The maximum absolute atomic E-state index is 11.4. The lowest BCUT2D eigenvalue weighted by atomic mass is 10.2. The van der Waals surface area contributed by atoms with Crippen LogP contribution in [0, 0.1) is 0 Å². The minimum atomic E-state index is -0.774. The predicted molar refractivity (Wildman–Crippen MR) is 63.7 cm³/mol. The van der Waals surface area contributed by atoms with E-state index < -0.39 is 11.9 Å². The Morgan fingerprint density at radius 2 is 1.79 bits per heavy atom. The summed E-state index contributed by atoms with van der Waals surface area (Å²) < 4.78 is 0. The van der Waals surface area contributed by atoms with Crippen molar-refractivity contribution in [2.45, 2.75) is 0 Å². The number of nitrogens with two attached hydrogens (primary N) is 1. The van der Waals surface area contributed by atoms with Gasteiger partial charge in [0, 0.05) is 5.56 Å². The van der Waals surface area contributed by atoms with E-state index in [0.29, 0.717) is 5.56 Å². The monoisotopic (exact) mass is 253 g/mol. The summed E-state index contributed by atoms with van der Waals surface area (Å²) in [5.41, 5.74) is 5.91. The molecule has 7 nitrogen and oxygen atoms in total. The molecule has 92 valence electrons. The number of amides is 3. The van der Waals surface area contributed by atoms with Crippen LogP contribution in [-0.2, 0) is 0 Å². The second-order valence-corrected chi connectivity index (χ2v) is 3.80. The maximum atomic E-state index is 11.4. The first-order valence-corrected chi connectivity index (χ1v) is 5.40. The number of rotatable bonds is 2. The summed E-state index contributed by atoms with van der Waals surface area (Å²) in [5.74, 6) is -0.494. The number of carbonyl (C=O) groups excluding carboxylic acids is 2. The van der Waals surface area contributed by atoms with Crippen molar-refractivity contribution < 1.29 is 9.59 Å². The average molecular weight is 253 g/mol. The third-order valence-electron chi connectivity index (χ3n) is 2.54. The van der Waals surface area contributed by atoms with E-state index in [1.54, 1.807) is 12.1 Å². The molecule has 3 rings (SSSR count). The summed E-state index contributed by atoms with van der Waals surface area (Å²) in [7, 11) is 0. The van der Waals surface area contributed by atoms with Crippen LogP contribution in [0.15, 0.2) is 40.3 Å². The Balaban J connectivity index is 2.33. The molecule has 0 atom stereocenters. The zero-order chi connectivity index (χ0) is 13.4. The molecule has 0 spiro atoms. The van der Waals surface area contributed by atoms with Crippen LogP contribution in [0.3, 0.4) is 0 Å². The average Bonchev–Trinajstić information content (AvgIpc) is 2.78. The van der Waals surface area contributed by atoms with Crippen molar-refractivity contribution in [3.05, 3.63) is 46.9 Å². The van der Waals surface area contributed by atoms with Crippen LogP contribution in [0.1, 0.15) is 10.5 Å². The number of carbonyl (C=O) groups is 2. The second kappa shape index (κ2) is 4.05. The predicted octanol–water partition coefficient (Wildman–Crippen LogP) is -0.385. The Morgan fingerprint density at radius 1 is 1.05 bits per heavy atom. The molecule has 19 heavy (non-hydrogen) atoms. The molecular weight excluding hydrogens is 246 g/mol. The van der Waals surface area contributed by atoms with E-state index >= 15 is 0 Å². The summed E-state index contributed by atoms with van der Waals surface area (Å²) in [6.07, 6.45) is 0. The number of hydrogen-bond donors (Lipinski definition) is 1. The molecule has 7 heteroatoms. The van der Waals surface area contributed by atoms with Crippen LogP contribution in [0.25, 0.3) is 11.4 Å². The molecule has 1 aliphatic heterocycles. The summed E-state index contributed by atoms with van der Waals surface area (Å²) in [6.45, 7) is 0. The van der Waals surface area contributed by atoms with Crippen LogP contribution in [0.5, 0.6) is 0 Å². The van der Waals surface area contributed by atoms with Gasteiger partial charge in [0.2, 0.25) is 0 Å². The van der Waals surface area contributed by atoms with Crippen molar-refractivity contribution in [1.29, 1.82) is 0 Å². The third-order valence-corrected chi connectivity index (χ3v) is 2.54. The van der Waals surface area contributed by atoms with E-state index in [1.165, 1.54) is 0 Å². The molecule has 1 aliphatic rings. The number of benzene rings is 1. The highest BCUT2D eigenvalue weighted by Crippen LogP contribution is 2.11. The molecule has 3 amide bonds. The van der Waals surface area contributed by atoms with Gasteiger partial charge in [-0.2, -0.15) is 9.98 Å². The van der Waals surface area contributed by atoms with Crippen LogP contribution in [0.4, 0.5) is 4.79 Å². The third kappa shape index (κ3) is 1.86. The summed E-state index contributed by atoms with van der Waals surface area (Å²) in [6, 6.07) is 8.30. The first-order valence-electron chi connectivity index (χ1n) is 5.40. The van der Waals surface area contributed by atoms with Gasteiger partial charge in [-0.1, -0.05) is 30.3 Å². The number of fused-ring (bicyclic) bond motifs is 1. The molecule has 0 saturated heterocycles. The van der Waals surface area contributed by atoms with E-state index in [-0.39, 0.29) is 22.4 Å². The van der Waals surface area contributed by atoms with Crippen LogP contribution < -0.4 is 16.6 Å². The first kappa shape index (κ1) is 11.1. The summed E-state index contributed by atoms with van der Waals surface area (Å²) >= 11 is 0. The van der Waals surface area contributed by atoms with Crippen molar-refractivity contribution in [3.8, 4) is 11.4 Å². The number of hydrogen-bond acceptors (Lipinski definition) is 4. The molecule has 0 unspecified atom stereocenters. The topological polar surface area (TPSA) is 111 Å². The van der Waals surface area contributed by atoms with Gasteiger partial charge in [-0.3, -0.25) is 4.79 Å². The van der Waals surface area contributed by atoms with Gasteiger partial charge in [-0.25, -0.2) is 14.8 Å². The van der Waals surface area contributed by atoms with Gasteiger partial charge in [0.15, 0.2) is 17.0 Å². The van der Waals surface area contributed by atoms with Crippen LogP contribution in [0.2, 0.25) is 0 Å². The van der Waals surface area contributed by atoms with Crippen molar-refractivity contribution >= 4 is 11.9 Å². The lowest BCUT2D eigenvalue weighted by Crippen LogP contribution is -2.36. The lowest BCUT2D eigenvalue weighted by Gasteiger charge is -2.00. The van der Waals surface area contributed by atoms with Gasteiger partial charge in [0.25, 0.3) is 5.91 Å². The van der Waals surface area contributed by atoms with E-state index in [0.717, 1.165) is 0 Å². The van der Waals surface area contributed by atoms with Gasteiger partial charge in [-0.05, 0) is 0 Å². The quantitative estimate of drug-likeness (QED) is 0.785. The van der Waals surface area contributed by atoms with Gasteiger partial charge in [0.1, 0.15) is 5.36 Å². The number of aromatic nitrogens is 2. The van der Waals surface area contributed by atoms with Crippen molar-refractivity contribution in [2.24, 2.45) is 15.7 Å². The van der Waals surface area contributed by atoms with Gasteiger partial charge < -0.3 is 5.73 Å². The van der Waals surface area contributed by atoms with Crippen molar-refractivity contribution in [1.82, 2.24) is 9.97 Å². The maximum Gasteiger partial charge on any atom is 0.369 e. The molecule has 2 N–H and O–H groups in total. The smallest absolute Gasteiger partial charge is 0.364 e. The van der Waals surface area contributed by atoms with Gasteiger partial charge in [0.05, 0.1) is 0 Å². The van der Waals surface area contributed by atoms with Crippen molar-refractivity contribution in [2.75, 3.05) is 0 Å². The fraction of sp³-hybridized carbons (Fsp3) is 0. The van der Waals surface area contributed by atoms with Crippen molar-refractivity contribution in [3.63, 3.8) is 0 Å². The highest BCUT2D eigenvalue weighted by molar-refractivity contribution is 5.92. The largest absolute Gasteiger partial charge is 0.369 e. The molecule has 1 aromatic heterocycles. The fourth-order valence-corrected chi connectivity index (χ4v) is 1.72. The Labute approximate surface area is 106 Å². The number of urea groups is 1. The Kier molecular flexibility index (Phi) is 2.38. The molecule has 0 fully saturated rings. The molecular formula is C12H7N5O2. The molecule has 0 bridgehead atoms. The molecule has 2 heterocycles. The number of nitrogens with zero attached hydrogens (tertiary/aromatic N) is 4. The summed E-state index contributed by atoms with van der Waals surface area (Å²) in [5, 5.41) is 0.0391. The molecule has 0 aliphatic carbocycles. The standard InChI is InChI=1S/C12H7N5O2/c13-9(18)7-8-11(17-12(19)15-8)16-10(14-7)6-4-2-1-3-5-6/h1-5H,(H2,13,18). The fourth-order valence-electron chi connectivity index (χ4n) is 1.72. The molecule has 0 radical (unpaired) electrons. The second-order valence-electron chi connectivity index (χ2n) is 3.80. The molecule has 1 aromatic carbocycles. The Morgan fingerprint density at radius 3 is 2.47 bits per heavy atom. The SMILES string of the molecule is NC(=O)c1nc(-c2ccccc2)nc2c1=NC(=O)N=2. The van der Waals surface area contributed by atoms with Crippen LogP contribution >= 0.6 is 0 Å². The van der Waals surface area contributed by atoms with E-state index in [4.69, 9.17) is 5.73 Å². The zero-order valence-electron chi connectivity index (χ0n) is 9.57. The zero-order valence-corrected chi connectivity index (χ0v) is 9.57. The Bertz CT molecular complexity index is 814. The van der Waals surface area contributed by atoms with E-state index in [2.05, 4.69) is 20.0 Å². The highest BCUT2D eigenvalue weighted by atomic mass is 16.2. The highest BCUT2D eigenvalue weighted by Gasteiger charge is 2.17. The lowest BCUT2D eigenvalue weighted by molar-refractivity contribution is 0.0994. The van der Waals surface area contributed by atoms with E-state index in [9.17, 15) is 9.59 Å². The summed E-state index contributed by atoms with van der Waals surface area (Å²) in [4.78, 5) is 37.9. The Hall–Kier alpha value is -2.96. The minimum absolute atomic E-state index is 0.0391. The normalized spacial score (nSPS) is 12.5. The van der Waals surface area contributed by atoms with Crippen LogP contribution in [-0.4, -0.2) is 21.9 Å². The number of primary amides is 1. The molecule has 0 saturated carbocycles. The first-order chi connectivity index (χ1) is 9.15. The van der Waals surface area contributed by atoms with Gasteiger partial charge in [-0.15, -0.1) is 0 Å².